The minimum atomic E-state index is -1.04. The summed E-state index contributed by atoms with van der Waals surface area (Å²) in [6.45, 7) is 18.7. The maximum Gasteiger partial charge on any atom is 0.408 e. The molecule has 0 aliphatic carbocycles. The highest BCUT2D eigenvalue weighted by Gasteiger charge is 2.43. The van der Waals surface area contributed by atoms with Gasteiger partial charge in [0, 0.05) is 17.5 Å². The molecule has 2 atom stereocenters. The number of amides is 3. The third-order valence-electron chi connectivity index (χ3n) is 6.48. The van der Waals surface area contributed by atoms with E-state index in [-0.39, 0.29) is 18.1 Å². The number of benzene rings is 2. The van der Waals surface area contributed by atoms with Gasteiger partial charge in [-0.05, 0) is 92.0 Å². The lowest BCUT2D eigenvalue weighted by molar-refractivity contribution is -0.149. The molecule has 2 aromatic carbocycles. The number of aromatic hydroxyl groups is 1. The molecule has 0 heterocycles. The zero-order chi connectivity index (χ0) is 30.5. The summed E-state index contributed by atoms with van der Waals surface area (Å²) in [5.74, 6) is -0.631. The molecule has 3 N–H and O–H groups in total. The van der Waals surface area contributed by atoms with Crippen LogP contribution in [0.25, 0.3) is 0 Å². The number of phenols is 1. The van der Waals surface area contributed by atoms with E-state index in [4.69, 9.17) is 4.74 Å². The summed E-state index contributed by atoms with van der Waals surface area (Å²) in [7, 11) is 0. The summed E-state index contributed by atoms with van der Waals surface area (Å²) in [5, 5.41) is 15.6. The second kappa shape index (κ2) is 12.7. The maximum absolute atomic E-state index is 14.6. The van der Waals surface area contributed by atoms with Crippen molar-refractivity contribution in [1.29, 1.82) is 0 Å². The minimum absolute atomic E-state index is 0.0961. The lowest BCUT2D eigenvalue weighted by atomic mass is 9.90. The molecule has 2 rings (SSSR count). The first kappa shape index (κ1) is 32.7. The summed E-state index contributed by atoms with van der Waals surface area (Å²) in [5.41, 5.74) is 0.300. The highest BCUT2D eigenvalue weighted by atomic mass is 16.6. The van der Waals surface area contributed by atoms with Gasteiger partial charge in [-0.15, -0.1) is 0 Å². The number of ether oxygens (including phenoxy) is 1. The quantitative estimate of drug-likeness (QED) is 0.363. The molecular formula is C32H47N3O5. The molecule has 0 spiro atoms. The minimum Gasteiger partial charge on any atom is -0.508 e. The topological polar surface area (TPSA) is 108 Å². The lowest BCUT2D eigenvalue weighted by Gasteiger charge is -2.45. The number of aryl methyl sites for hydroxylation is 1. The van der Waals surface area contributed by atoms with Gasteiger partial charge in [-0.1, -0.05) is 48.9 Å². The Balaban J connectivity index is 2.69. The smallest absolute Gasteiger partial charge is 0.408 e. The summed E-state index contributed by atoms with van der Waals surface area (Å²) < 4.78 is 5.50. The third-order valence-corrected chi connectivity index (χ3v) is 6.48. The SMILES string of the molecule is CCC(C)(C)N(C(=O)C(Cc1ccc(O)cc1)NC(=O)OC(C)(C)C)C(C(=O)NC(C)(C)C)c1cccc(C)c1. The Morgan fingerprint density at radius 2 is 1.55 bits per heavy atom. The molecule has 2 aromatic rings. The van der Waals surface area contributed by atoms with Crippen molar-refractivity contribution in [2.75, 3.05) is 0 Å². The zero-order valence-corrected chi connectivity index (χ0v) is 25.7. The number of rotatable bonds is 9. The highest BCUT2D eigenvalue weighted by Crippen LogP contribution is 2.33. The number of carbonyl (C=O) groups is 3. The summed E-state index contributed by atoms with van der Waals surface area (Å²) in [6, 6.07) is 12.0. The van der Waals surface area contributed by atoms with Crippen LogP contribution in [0.1, 0.15) is 91.5 Å². The van der Waals surface area contributed by atoms with Gasteiger partial charge in [0.2, 0.25) is 11.8 Å². The fraction of sp³-hybridized carbons (Fsp3) is 0.531. The molecule has 40 heavy (non-hydrogen) atoms. The Kier molecular flexibility index (Phi) is 10.4. The number of hydrogen-bond acceptors (Lipinski definition) is 5. The number of carbonyl (C=O) groups excluding carboxylic acids is 3. The van der Waals surface area contributed by atoms with Crippen molar-refractivity contribution < 1.29 is 24.2 Å². The molecule has 0 radical (unpaired) electrons. The first-order valence-corrected chi connectivity index (χ1v) is 13.8. The van der Waals surface area contributed by atoms with Gasteiger partial charge < -0.3 is 25.4 Å². The summed E-state index contributed by atoms with van der Waals surface area (Å²) in [4.78, 5) is 43.1. The molecule has 0 saturated carbocycles. The highest BCUT2D eigenvalue weighted by molar-refractivity contribution is 5.93. The van der Waals surface area contributed by atoms with E-state index in [0.29, 0.717) is 12.0 Å². The number of phenolic OH excluding ortho intramolecular Hbond substituents is 1. The van der Waals surface area contributed by atoms with Crippen molar-refractivity contribution >= 4 is 17.9 Å². The van der Waals surface area contributed by atoms with E-state index in [9.17, 15) is 19.5 Å². The van der Waals surface area contributed by atoms with Crippen LogP contribution in [0, 0.1) is 6.92 Å². The number of hydrogen-bond donors (Lipinski definition) is 3. The molecule has 0 bridgehead atoms. The fourth-order valence-electron chi connectivity index (χ4n) is 4.33. The largest absolute Gasteiger partial charge is 0.508 e. The van der Waals surface area contributed by atoms with Crippen LogP contribution in [0.15, 0.2) is 48.5 Å². The third kappa shape index (κ3) is 9.57. The van der Waals surface area contributed by atoms with Gasteiger partial charge in [-0.25, -0.2) is 4.79 Å². The van der Waals surface area contributed by atoms with Crippen molar-refractivity contribution in [2.24, 2.45) is 0 Å². The Morgan fingerprint density at radius 3 is 2.05 bits per heavy atom. The van der Waals surface area contributed by atoms with E-state index < -0.39 is 40.8 Å². The van der Waals surface area contributed by atoms with Crippen LogP contribution in [0.2, 0.25) is 0 Å². The van der Waals surface area contributed by atoms with E-state index in [0.717, 1.165) is 11.1 Å². The molecule has 8 nitrogen and oxygen atoms in total. The van der Waals surface area contributed by atoms with Crippen LogP contribution in [-0.2, 0) is 20.7 Å². The fourth-order valence-corrected chi connectivity index (χ4v) is 4.33. The van der Waals surface area contributed by atoms with Crippen molar-refractivity contribution in [2.45, 2.75) is 111 Å². The van der Waals surface area contributed by atoms with Crippen LogP contribution in [0.4, 0.5) is 4.79 Å². The van der Waals surface area contributed by atoms with E-state index in [1.54, 1.807) is 37.8 Å². The molecule has 2 unspecified atom stereocenters. The standard InChI is InChI=1S/C32H47N3O5/c1-11-32(9,10)35(26(27(37)34-30(3,4)5)23-14-12-13-21(2)19-23)28(38)25(33-29(39)40-31(6,7)8)20-22-15-17-24(36)18-16-22/h12-19,25-26,36H,11,20H2,1-10H3,(H,33,39)(H,34,37). The molecule has 0 aliphatic rings. The van der Waals surface area contributed by atoms with Gasteiger partial charge in [0.1, 0.15) is 23.4 Å². The molecule has 3 amide bonds. The van der Waals surface area contributed by atoms with E-state index in [2.05, 4.69) is 10.6 Å². The second-order valence-electron chi connectivity index (χ2n) is 13.0. The van der Waals surface area contributed by atoms with Crippen molar-refractivity contribution in [3.05, 3.63) is 65.2 Å². The summed E-state index contributed by atoms with van der Waals surface area (Å²) >= 11 is 0. The van der Waals surface area contributed by atoms with Crippen molar-refractivity contribution in [3.8, 4) is 5.75 Å². The second-order valence-corrected chi connectivity index (χ2v) is 13.0. The predicted octanol–water partition coefficient (Wildman–Crippen LogP) is 5.81. The van der Waals surface area contributed by atoms with Crippen LogP contribution in [0.5, 0.6) is 5.75 Å². The normalized spacial score (nSPS) is 13.7. The first-order valence-electron chi connectivity index (χ1n) is 13.8. The maximum atomic E-state index is 14.6. The van der Waals surface area contributed by atoms with E-state index in [1.807, 2.05) is 72.7 Å². The Morgan fingerprint density at radius 1 is 0.950 bits per heavy atom. The van der Waals surface area contributed by atoms with Gasteiger partial charge in [-0.2, -0.15) is 0 Å². The van der Waals surface area contributed by atoms with Crippen LogP contribution < -0.4 is 10.6 Å². The molecule has 0 fully saturated rings. The number of alkyl carbamates (subject to hydrolysis) is 1. The van der Waals surface area contributed by atoms with Crippen LogP contribution in [0.3, 0.4) is 0 Å². The Labute approximate surface area is 239 Å². The Hall–Kier alpha value is -3.55. The van der Waals surface area contributed by atoms with Gasteiger partial charge in [-0.3, -0.25) is 9.59 Å². The first-order chi connectivity index (χ1) is 18.3. The molecular weight excluding hydrogens is 506 g/mol. The van der Waals surface area contributed by atoms with Gasteiger partial charge in [0.05, 0.1) is 0 Å². The molecule has 220 valence electrons. The molecule has 0 aliphatic heterocycles. The zero-order valence-electron chi connectivity index (χ0n) is 25.7. The van der Waals surface area contributed by atoms with Crippen molar-refractivity contribution in [1.82, 2.24) is 15.5 Å². The van der Waals surface area contributed by atoms with E-state index in [1.165, 1.54) is 12.1 Å². The average molecular weight is 554 g/mol. The van der Waals surface area contributed by atoms with E-state index >= 15 is 0 Å². The molecule has 0 saturated heterocycles. The predicted molar refractivity (Wildman–Crippen MR) is 158 cm³/mol. The summed E-state index contributed by atoms with van der Waals surface area (Å²) in [6.07, 6.45) is -0.0386. The number of nitrogens with one attached hydrogen (secondary N) is 2. The van der Waals surface area contributed by atoms with Crippen LogP contribution in [-0.4, -0.2) is 50.6 Å². The monoisotopic (exact) mass is 553 g/mol. The lowest BCUT2D eigenvalue weighted by Crippen LogP contribution is -2.60. The van der Waals surface area contributed by atoms with Crippen molar-refractivity contribution in [3.63, 3.8) is 0 Å². The van der Waals surface area contributed by atoms with Gasteiger partial charge in [0.25, 0.3) is 0 Å². The average Bonchev–Trinajstić information content (AvgIpc) is 2.80. The van der Waals surface area contributed by atoms with Gasteiger partial charge >= 0.3 is 6.09 Å². The molecule has 0 aromatic heterocycles. The van der Waals surface area contributed by atoms with Crippen LogP contribution >= 0.6 is 0 Å². The van der Waals surface area contributed by atoms with Gasteiger partial charge in [0.15, 0.2) is 0 Å². The Bertz CT molecular complexity index is 1180. The number of nitrogens with zero attached hydrogens (tertiary/aromatic N) is 1. The molecule has 8 heteroatoms.